The van der Waals surface area contributed by atoms with Crippen molar-refractivity contribution in [1.82, 2.24) is 0 Å². The Morgan fingerprint density at radius 2 is 1.77 bits per heavy atom. The van der Waals surface area contributed by atoms with E-state index in [0.29, 0.717) is 5.56 Å². The van der Waals surface area contributed by atoms with Gasteiger partial charge in [-0.3, -0.25) is 9.59 Å². The number of benzene rings is 1. The maximum Gasteiger partial charge on any atom is 0.170 e. The zero-order valence-corrected chi connectivity index (χ0v) is 7.75. The molecular weight excluding hydrogens is 188 g/mol. The minimum absolute atomic E-state index is 0.0986. The molecule has 0 amide bonds. The summed E-state index contributed by atoms with van der Waals surface area (Å²) >= 11 is 5.28. The summed E-state index contributed by atoms with van der Waals surface area (Å²) in [5.41, 5.74) is 0.556. The maximum absolute atomic E-state index is 11.3. The summed E-state index contributed by atoms with van der Waals surface area (Å²) in [6, 6.07) is 8.71. The molecule has 0 spiro atoms. The van der Waals surface area contributed by atoms with Crippen LogP contribution in [0, 0.1) is 0 Å². The van der Waals surface area contributed by atoms with Gasteiger partial charge in [0.1, 0.15) is 0 Å². The van der Waals surface area contributed by atoms with E-state index >= 15 is 0 Å². The molecule has 0 aromatic heterocycles. The second kappa shape index (κ2) is 4.77. The topological polar surface area (TPSA) is 34.1 Å². The highest BCUT2D eigenvalue weighted by atomic mass is 35.5. The van der Waals surface area contributed by atoms with Crippen LogP contribution in [0.4, 0.5) is 0 Å². The number of carbonyl (C=O) groups excluding carboxylic acids is 2. The van der Waals surface area contributed by atoms with Gasteiger partial charge in [0.25, 0.3) is 0 Å². The zero-order chi connectivity index (χ0) is 9.68. The second-order valence-corrected chi connectivity index (χ2v) is 2.91. The van der Waals surface area contributed by atoms with Crippen molar-refractivity contribution in [3.8, 4) is 0 Å². The lowest BCUT2D eigenvalue weighted by Crippen LogP contribution is -2.08. The molecule has 2 nitrogen and oxygen atoms in total. The molecule has 1 rings (SSSR count). The molecule has 0 saturated carbocycles. The largest absolute Gasteiger partial charge is 0.298 e. The van der Waals surface area contributed by atoms with E-state index < -0.39 is 0 Å². The number of alkyl halides is 1. The molecule has 13 heavy (non-hydrogen) atoms. The highest BCUT2D eigenvalue weighted by Gasteiger charge is 2.09. The third-order valence-electron chi connectivity index (χ3n) is 1.60. The Bertz CT molecular complexity index is 306. The molecule has 0 atom stereocenters. The number of ketones is 2. The van der Waals surface area contributed by atoms with E-state index in [4.69, 9.17) is 11.6 Å². The van der Waals surface area contributed by atoms with Crippen LogP contribution in [0.5, 0.6) is 0 Å². The molecule has 1 aromatic carbocycles. The van der Waals surface area contributed by atoms with E-state index in [9.17, 15) is 9.59 Å². The first-order valence-electron chi connectivity index (χ1n) is 3.90. The Kier molecular flexibility index (Phi) is 3.65. The number of carbonyl (C=O) groups is 2. The minimum Gasteiger partial charge on any atom is -0.298 e. The van der Waals surface area contributed by atoms with E-state index in [2.05, 4.69) is 0 Å². The zero-order valence-electron chi connectivity index (χ0n) is 7.00. The Balaban J connectivity index is 2.65. The van der Waals surface area contributed by atoms with Gasteiger partial charge in [0, 0.05) is 5.56 Å². The van der Waals surface area contributed by atoms with Crippen molar-refractivity contribution >= 4 is 23.2 Å². The average Bonchev–Trinajstić information content (AvgIpc) is 2.19. The monoisotopic (exact) mass is 196 g/mol. The molecule has 0 fully saturated rings. The molecule has 0 radical (unpaired) electrons. The molecule has 0 saturated heterocycles. The van der Waals surface area contributed by atoms with Gasteiger partial charge in [-0.15, -0.1) is 11.6 Å². The van der Waals surface area contributed by atoms with E-state index in [-0.39, 0.29) is 23.9 Å². The SMILES string of the molecule is O=C(CCl)CC(=O)c1ccccc1. The summed E-state index contributed by atoms with van der Waals surface area (Å²) in [5.74, 6) is -0.514. The van der Waals surface area contributed by atoms with E-state index in [0.717, 1.165) is 0 Å². The fourth-order valence-corrected chi connectivity index (χ4v) is 1.05. The van der Waals surface area contributed by atoms with Gasteiger partial charge in [-0.2, -0.15) is 0 Å². The average molecular weight is 197 g/mol. The van der Waals surface area contributed by atoms with E-state index in [1.165, 1.54) is 0 Å². The van der Waals surface area contributed by atoms with E-state index in [1.54, 1.807) is 24.3 Å². The molecule has 0 unspecified atom stereocenters. The van der Waals surface area contributed by atoms with Gasteiger partial charge in [-0.05, 0) is 0 Å². The molecule has 0 aliphatic heterocycles. The maximum atomic E-state index is 11.3. The van der Waals surface area contributed by atoms with Crippen LogP contribution in [0.1, 0.15) is 16.8 Å². The number of rotatable bonds is 4. The van der Waals surface area contributed by atoms with Gasteiger partial charge in [0.15, 0.2) is 11.6 Å². The highest BCUT2D eigenvalue weighted by molar-refractivity contribution is 6.29. The predicted octanol–water partition coefficient (Wildman–Crippen LogP) is 2.07. The molecule has 0 heterocycles. The van der Waals surface area contributed by atoms with Gasteiger partial charge in [0.05, 0.1) is 12.3 Å². The number of hydrogen-bond acceptors (Lipinski definition) is 2. The van der Waals surface area contributed by atoms with E-state index in [1.807, 2.05) is 6.07 Å². The van der Waals surface area contributed by atoms with Crippen LogP contribution in [0.25, 0.3) is 0 Å². The van der Waals surface area contributed by atoms with Crippen molar-refractivity contribution in [2.24, 2.45) is 0 Å². The molecule has 3 heteroatoms. The molecule has 1 aromatic rings. The fraction of sp³-hybridized carbons (Fsp3) is 0.200. The van der Waals surface area contributed by atoms with Crippen LogP contribution in [0.2, 0.25) is 0 Å². The van der Waals surface area contributed by atoms with Crippen LogP contribution < -0.4 is 0 Å². The van der Waals surface area contributed by atoms with Gasteiger partial charge in [0.2, 0.25) is 0 Å². The molecule has 0 bridgehead atoms. The van der Waals surface area contributed by atoms with Crippen molar-refractivity contribution in [1.29, 1.82) is 0 Å². The Morgan fingerprint density at radius 3 is 2.31 bits per heavy atom. The highest BCUT2D eigenvalue weighted by Crippen LogP contribution is 2.03. The van der Waals surface area contributed by atoms with Gasteiger partial charge in [-0.25, -0.2) is 0 Å². The van der Waals surface area contributed by atoms with Crippen molar-refractivity contribution < 1.29 is 9.59 Å². The third kappa shape index (κ3) is 2.99. The van der Waals surface area contributed by atoms with Gasteiger partial charge >= 0.3 is 0 Å². The van der Waals surface area contributed by atoms with Crippen LogP contribution >= 0.6 is 11.6 Å². The lowest BCUT2D eigenvalue weighted by atomic mass is 10.1. The summed E-state index contributed by atoms with van der Waals surface area (Å²) < 4.78 is 0. The minimum atomic E-state index is -0.240. The lowest BCUT2D eigenvalue weighted by Gasteiger charge is -1.97. The lowest BCUT2D eigenvalue weighted by molar-refractivity contribution is -0.115. The summed E-state index contributed by atoms with van der Waals surface area (Å²) in [4.78, 5) is 22.2. The first-order valence-corrected chi connectivity index (χ1v) is 4.43. The van der Waals surface area contributed by atoms with Crippen molar-refractivity contribution in [2.45, 2.75) is 6.42 Å². The smallest absolute Gasteiger partial charge is 0.170 e. The van der Waals surface area contributed by atoms with Crippen LogP contribution in [-0.2, 0) is 4.79 Å². The number of Topliss-reactive ketones (excluding diaryl/α,β-unsaturated/α-hetero) is 2. The molecular formula is C10H9ClO2. The number of halogens is 1. The standard InChI is InChI=1S/C10H9ClO2/c11-7-9(12)6-10(13)8-4-2-1-3-5-8/h1-5H,6-7H2. The van der Waals surface area contributed by atoms with Crippen LogP contribution in [0.3, 0.4) is 0 Å². The molecule has 0 aliphatic rings. The normalized spacial score (nSPS) is 9.62. The summed E-state index contributed by atoms with van der Waals surface area (Å²) in [6.07, 6.45) is -0.104. The Labute approximate surface area is 81.5 Å². The van der Waals surface area contributed by atoms with Crippen LogP contribution in [0.15, 0.2) is 30.3 Å². The predicted molar refractivity (Wildman–Crippen MR) is 51.1 cm³/mol. The second-order valence-electron chi connectivity index (χ2n) is 2.64. The summed E-state index contributed by atoms with van der Waals surface area (Å²) in [7, 11) is 0. The fourth-order valence-electron chi connectivity index (χ4n) is 0.952. The Morgan fingerprint density at radius 1 is 1.15 bits per heavy atom. The summed E-state index contributed by atoms with van der Waals surface area (Å²) in [5, 5.41) is 0. The first kappa shape index (κ1) is 9.93. The Hall–Kier alpha value is -1.15. The van der Waals surface area contributed by atoms with Gasteiger partial charge in [-0.1, -0.05) is 30.3 Å². The molecule has 0 aliphatic carbocycles. The molecule has 0 N–H and O–H groups in total. The number of hydrogen-bond donors (Lipinski definition) is 0. The van der Waals surface area contributed by atoms with Crippen LogP contribution in [-0.4, -0.2) is 17.4 Å². The van der Waals surface area contributed by atoms with Gasteiger partial charge < -0.3 is 0 Å². The first-order chi connectivity index (χ1) is 6.24. The third-order valence-corrected chi connectivity index (χ3v) is 1.90. The molecule has 68 valence electrons. The van der Waals surface area contributed by atoms with Crippen molar-refractivity contribution in [2.75, 3.05) is 5.88 Å². The van der Waals surface area contributed by atoms with Crippen molar-refractivity contribution in [3.05, 3.63) is 35.9 Å². The van der Waals surface area contributed by atoms with Crippen molar-refractivity contribution in [3.63, 3.8) is 0 Å². The summed E-state index contributed by atoms with van der Waals surface area (Å²) in [6.45, 7) is 0. The quantitative estimate of drug-likeness (QED) is 0.420.